The molecule has 102 valence electrons. The third kappa shape index (κ3) is 3.28. The largest absolute Gasteiger partial charge is 0.0877 e. The van der Waals surface area contributed by atoms with E-state index < -0.39 is 0 Å². The summed E-state index contributed by atoms with van der Waals surface area (Å²) < 4.78 is 0. The van der Waals surface area contributed by atoms with Crippen molar-refractivity contribution < 1.29 is 0 Å². The monoisotopic (exact) mass is 246 g/mol. The van der Waals surface area contributed by atoms with Crippen LogP contribution in [0.3, 0.4) is 0 Å². The van der Waals surface area contributed by atoms with Crippen LogP contribution in [0, 0.1) is 23.7 Å². The normalized spacial score (nSPS) is 39.6. The summed E-state index contributed by atoms with van der Waals surface area (Å²) in [5.74, 6) is 3.37. The van der Waals surface area contributed by atoms with Gasteiger partial charge in [-0.05, 0) is 68.6 Å². The summed E-state index contributed by atoms with van der Waals surface area (Å²) in [6.07, 6.45) is 17.1. The van der Waals surface area contributed by atoms with Crippen molar-refractivity contribution in [2.24, 2.45) is 23.7 Å². The second kappa shape index (κ2) is 6.59. The van der Waals surface area contributed by atoms with Gasteiger partial charge in [0.15, 0.2) is 0 Å². The highest BCUT2D eigenvalue weighted by molar-refractivity contribution is 5.12. The Kier molecular flexibility index (Phi) is 5.09. The number of fused-ring (bicyclic) bond motifs is 1. The molecule has 2 aliphatic rings. The number of hydrogen-bond donors (Lipinski definition) is 0. The molecule has 2 rings (SSSR count). The molecule has 4 atom stereocenters. The van der Waals surface area contributed by atoms with Gasteiger partial charge in [-0.3, -0.25) is 0 Å². The number of hydrogen-bond acceptors (Lipinski definition) is 0. The average Bonchev–Trinajstić information content (AvgIpc) is 2.41. The minimum absolute atomic E-state index is 0.800. The van der Waals surface area contributed by atoms with Gasteiger partial charge in [0, 0.05) is 0 Å². The summed E-state index contributed by atoms with van der Waals surface area (Å²) in [5, 5.41) is 0. The van der Waals surface area contributed by atoms with Crippen molar-refractivity contribution in [3.05, 3.63) is 23.8 Å². The van der Waals surface area contributed by atoms with Gasteiger partial charge >= 0.3 is 0 Å². The summed E-state index contributed by atoms with van der Waals surface area (Å²) in [6.45, 7) is 7.26. The molecule has 0 aliphatic heterocycles. The van der Waals surface area contributed by atoms with Gasteiger partial charge in [0.25, 0.3) is 0 Å². The summed E-state index contributed by atoms with van der Waals surface area (Å²) in [6, 6.07) is 0. The van der Waals surface area contributed by atoms with Gasteiger partial charge < -0.3 is 0 Å². The van der Waals surface area contributed by atoms with E-state index in [2.05, 4.69) is 39.0 Å². The van der Waals surface area contributed by atoms with E-state index in [1.54, 1.807) is 5.57 Å². The molecule has 18 heavy (non-hydrogen) atoms. The van der Waals surface area contributed by atoms with Crippen molar-refractivity contribution >= 4 is 0 Å². The molecule has 0 aromatic heterocycles. The van der Waals surface area contributed by atoms with Crippen molar-refractivity contribution in [1.29, 1.82) is 0 Å². The van der Waals surface area contributed by atoms with E-state index >= 15 is 0 Å². The van der Waals surface area contributed by atoms with Crippen LogP contribution in [0.2, 0.25) is 0 Å². The van der Waals surface area contributed by atoms with Gasteiger partial charge in [-0.1, -0.05) is 44.6 Å². The lowest BCUT2D eigenvalue weighted by Crippen LogP contribution is -2.19. The molecule has 0 N–H and O–H groups in total. The minimum atomic E-state index is 0.800. The third-order valence-corrected chi connectivity index (χ3v) is 5.42. The molecule has 2 aliphatic carbocycles. The Morgan fingerprint density at radius 2 is 2.06 bits per heavy atom. The van der Waals surface area contributed by atoms with Crippen molar-refractivity contribution in [3.63, 3.8) is 0 Å². The van der Waals surface area contributed by atoms with Crippen LogP contribution in [0.15, 0.2) is 23.8 Å². The maximum atomic E-state index is 2.55. The van der Waals surface area contributed by atoms with E-state index in [0.29, 0.717) is 0 Å². The molecular weight excluding hydrogens is 216 g/mol. The van der Waals surface area contributed by atoms with Crippen molar-refractivity contribution in [3.8, 4) is 0 Å². The lowest BCUT2D eigenvalue weighted by molar-refractivity contribution is 0.277. The highest BCUT2D eigenvalue weighted by Crippen LogP contribution is 2.36. The van der Waals surface area contributed by atoms with Crippen molar-refractivity contribution in [2.75, 3.05) is 0 Å². The fourth-order valence-corrected chi connectivity index (χ4v) is 3.76. The molecule has 0 nitrogen and oxygen atoms in total. The molecular formula is C18H30. The van der Waals surface area contributed by atoms with Crippen LogP contribution in [0.4, 0.5) is 0 Å². The average molecular weight is 246 g/mol. The van der Waals surface area contributed by atoms with Crippen LogP contribution in [0.1, 0.15) is 65.7 Å². The van der Waals surface area contributed by atoms with E-state index in [0.717, 1.165) is 23.7 Å². The number of rotatable bonds is 1. The Labute approximate surface area is 114 Å². The number of allylic oxidation sites excluding steroid dienone is 4. The molecule has 0 bridgehead atoms. The highest BCUT2D eigenvalue weighted by Gasteiger charge is 2.23. The predicted molar refractivity (Wildman–Crippen MR) is 80.5 cm³/mol. The predicted octanol–water partition coefficient (Wildman–Crippen LogP) is 5.75. The lowest BCUT2D eigenvalue weighted by atomic mass is 9.75. The second-order valence-electron chi connectivity index (χ2n) is 6.52. The van der Waals surface area contributed by atoms with Crippen LogP contribution >= 0.6 is 0 Å². The van der Waals surface area contributed by atoms with Gasteiger partial charge in [-0.2, -0.15) is 0 Å². The molecule has 0 saturated carbocycles. The zero-order valence-electron chi connectivity index (χ0n) is 12.5. The van der Waals surface area contributed by atoms with Gasteiger partial charge in [0.2, 0.25) is 0 Å². The van der Waals surface area contributed by atoms with Crippen molar-refractivity contribution in [2.45, 2.75) is 65.7 Å². The maximum absolute atomic E-state index is 2.55. The summed E-state index contributed by atoms with van der Waals surface area (Å²) >= 11 is 0. The maximum Gasteiger partial charge on any atom is -0.0169 e. The van der Waals surface area contributed by atoms with Crippen LogP contribution in [-0.4, -0.2) is 0 Å². The zero-order valence-corrected chi connectivity index (χ0v) is 12.5. The fraction of sp³-hybridized carbons (Fsp3) is 0.778. The zero-order chi connectivity index (χ0) is 13.0. The Hall–Kier alpha value is -0.520. The van der Waals surface area contributed by atoms with E-state index in [4.69, 9.17) is 0 Å². The van der Waals surface area contributed by atoms with Crippen LogP contribution in [0.5, 0.6) is 0 Å². The molecule has 0 radical (unpaired) electrons. The fourth-order valence-electron chi connectivity index (χ4n) is 3.76. The SMILES string of the molecule is CCC1/C=C\CC2CCCC=C2CC[C@H](C)C1C. The standard InChI is InChI=1S/C18H30/c1-4-16-10-7-11-17-8-5-6-9-18(17)13-12-14(2)15(16)3/h7,9-10,14-17H,4-6,8,11-13H2,1-3H3/b10-7-/t14-,15?,16?,17?/m0/s1. The van der Waals surface area contributed by atoms with E-state index in [-0.39, 0.29) is 0 Å². The highest BCUT2D eigenvalue weighted by atomic mass is 14.3. The Balaban J connectivity index is 2.13. The lowest BCUT2D eigenvalue weighted by Gasteiger charge is -2.30. The second-order valence-corrected chi connectivity index (χ2v) is 6.52. The smallest absolute Gasteiger partial charge is 0.0169 e. The first-order valence-electron chi connectivity index (χ1n) is 8.08. The minimum Gasteiger partial charge on any atom is -0.0877 e. The summed E-state index contributed by atoms with van der Waals surface area (Å²) in [5.41, 5.74) is 1.78. The van der Waals surface area contributed by atoms with E-state index in [1.807, 2.05) is 0 Å². The van der Waals surface area contributed by atoms with Crippen LogP contribution in [-0.2, 0) is 0 Å². The Morgan fingerprint density at radius 1 is 1.22 bits per heavy atom. The molecule has 3 unspecified atom stereocenters. The third-order valence-electron chi connectivity index (χ3n) is 5.42. The quantitative estimate of drug-likeness (QED) is 0.517. The molecule has 0 heteroatoms. The summed E-state index contributed by atoms with van der Waals surface area (Å²) in [4.78, 5) is 0. The van der Waals surface area contributed by atoms with E-state index in [9.17, 15) is 0 Å². The first-order valence-corrected chi connectivity index (χ1v) is 8.08. The first-order chi connectivity index (χ1) is 8.72. The van der Waals surface area contributed by atoms with E-state index in [1.165, 1.54) is 44.9 Å². The molecule has 0 saturated heterocycles. The molecule has 0 amide bonds. The van der Waals surface area contributed by atoms with Crippen LogP contribution in [0.25, 0.3) is 0 Å². The molecule has 0 heterocycles. The Bertz CT molecular complexity index is 310. The van der Waals surface area contributed by atoms with Gasteiger partial charge in [-0.15, -0.1) is 0 Å². The van der Waals surface area contributed by atoms with Gasteiger partial charge in [-0.25, -0.2) is 0 Å². The van der Waals surface area contributed by atoms with Crippen LogP contribution < -0.4 is 0 Å². The first kappa shape index (κ1) is 13.9. The molecule has 0 fully saturated rings. The molecule has 0 spiro atoms. The summed E-state index contributed by atoms with van der Waals surface area (Å²) in [7, 11) is 0. The van der Waals surface area contributed by atoms with Gasteiger partial charge in [0.05, 0.1) is 0 Å². The van der Waals surface area contributed by atoms with Gasteiger partial charge in [0.1, 0.15) is 0 Å². The molecule has 0 aromatic carbocycles. The topological polar surface area (TPSA) is 0 Å². The Morgan fingerprint density at radius 3 is 2.83 bits per heavy atom. The molecule has 0 aromatic rings. The van der Waals surface area contributed by atoms with Crippen molar-refractivity contribution in [1.82, 2.24) is 0 Å².